The first-order chi connectivity index (χ1) is 7.58. The monoisotopic (exact) mass is 220 g/mol. The molecule has 0 amide bonds. The highest BCUT2D eigenvalue weighted by atomic mass is 14.9. The van der Waals surface area contributed by atoms with E-state index in [4.69, 9.17) is 0 Å². The number of nitrogens with one attached hydrogen (secondary N) is 1. The lowest BCUT2D eigenvalue weighted by atomic mass is 10.0. The standard InChI is InChI=1S/C14H24N2/c1-11(2)5-6-13(4)16-10-14-7-12(3)8-15-9-14/h7-9,11,13,16H,5-6,10H2,1-4H3. The Morgan fingerprint density at radius 2 is 1.94 bits per heavy atom. The predicted molar refractivity (Wildman–Crippen MR) is 69.3 cm³/mol. The van der Waals surface area contributed by atoms with Crippen molar-refractivity contribution in [2.75, 3.05) is 0 Å². The summed E-state index contributed by atoms with van der Waals surface area (Å²) in [5, 5.41) is 3.54. The number of aromatic nitrogens is 1. The van der Waals surface area contributed by atoms with Gasteiger partial charge in [0.15, 0.2) is 0 Å². The highest BCUT2D eigenvalue weighted by molar-refractivity contribution is 5.16. The Bertz CT molecular complexity index is 307. The first kappa shape index (κ1) is 13.2. The minimum absolute atomic E-state index is 0.586. The van der Waals surface area contributed by atoms with Crippen LogP contribution in [-0.2, 0) is 6.54 Å². The van der Waals surface area contributed by atoms with Gasteiger partial charge >= 0.3 is 0 Å². The van der Waals surface area contributed by atoms with Crippen molar-refractivity contribution in [1.82, 2.24) is 10.3 Å². The fraction of sp³-hybridized carbons (Fsp3) is 0.643. The minimum Gasteiger partial charge on any atom is -0.310 e. The van der Waals surface area contributed by atoms with E-state index in [1.54, 1.807) is 0 Å². The van der Waals surface area contributed by atoms with Gasteiger partial charge in [-0.25, -0.2) is 0 Å². The maximum atomic E-state index is 4.20. The molecule has 2 heteroatoms. The minimum atomic E-state index is 0.586. The Morgan fingerprint density at radius 1 is 1.19 bits per heavy atom. The van der Waals surface area contributed by atoms with Gasteiger partial charge in [-0.15, -0.1) is 0 Å². The van der Waals surface area contributed by atoms with Gasteiger partial charge in [-0.2, -0.15) is 0 Å². The highest BCUT2D eigenvalue weighted by Crippen LogP contribution is 2.07. The van der Waals surface area contributed by atoms with E-state index in [2.05, 4.69) is 44.1 Å². The van der Waals surface area contributed by atoms with Crippen molar-refractivity contribution in [1.29, 1.82) is 0 Å². The number of hydrogen-bond acceptors (Lipinski definition) is 2. The van der Waals surface area contributed by atoms with Crippen LogP contribution >= 0.6 is 0 Å². The molecule has 2 nitrogen and oxygen atoms in total. The lowest BCUT2D eigenvalue weighted by molar-refractivity contribution is 0.450. The van der Waals surface area contributed by atoms with Crippen LogP contribution in [-0.4, -0.2) is 11.0 Å². The Labute approximate surface area is 99.5 Å². The maximum absolute atomic E-state index is 4.20. The van der Waals surface area contributed by atoms with E-state index < -0.39 is 0 Å². The van der Waals surface area contributed by atoms with Crippen LogP contribution in [0.4, 0.5) is 0 Å². The molecule has 0 radical (unpaired) electrons. The van der Waals surface area contributed by atoms with E-state index in [1.165, 1.54) is 24.0 Å². The number of aryl methyl sites for hydroxylation is 1. The molecular formula is C14H24N2. The van der Waals surface area contributed by atoms with Crippen LogP contribution in [0.1, 0.15) is 44.7 Å². The summed E-state index contributed by atoms with van der Waals surface area (Å²) in [5.74, 6) is 0.796. The Morgan fingerprint density at radius 3 is 2.56 bits per heavy atom. The first-order valence-corrected chi connectivity index (χ1v) is 6.22. The molecule has 0 saturated carbocycles. The Balaban J connectivity index is 2.28. The highest BCUT2D eigenvalue weighted by Gasteiger charge is 2.03. The second-order valence-electron chi connectivity index (χ2n) is 5.12. The van der Waals surface area contributed by atoms with Crippen LogP contribution in [0.15, 0.2) is 18.5 Å². The number of nitrogens with zero attached hydrogens (tertiary/aromatic N) is 1. The van der Waals surface area contributed by atoms with Crippen LogP contribution in [0.3, 0.4) is 0 Å². The van der Waals surface area contributed by atoms with E-state index in [9.17, 15) is 0 Å². The zero-order valence-electron chi connectivity index (χ0n) is 11.0. The smallest absolute Gasteiger partial charge is 0.0313 e. The molecule has 0 saturated heterocycles. The molecule has 1 rings (SSSR count). The quantitative estimate of drug-likeness (QED) is 0.795. The maximum Gasteiger partial charge on any atom is 0.0313 e. The molecule has 0 bridgehead atoms. The summed E-state index contributed by atoms with van der Waals surface area (Å²) in [6, 6.07) is 2.78. The average molecular weight is 220 g/mol. The van der Waals surface area contributed by atoms with Crippen molar-refractivity contribution >= 4 is 0 Å². The van der Waals surface area contributed by atoms with Crippen molar-refractivity contribution in [2.45, 2.75) is 53.1 Å². The molecule has 0 aromatic carbocycles. The molecule has 90 valence electrons. The van der Waals surface area contributed by atoms with E-state index >= 15 is 0 Å². The molecule has 0 aliphatic rings. The SMILES string of the molecule is Cc1cncc(CNC(C)CCC(C)C)c1. The Kier molecular flexibility index (Phi) is 5.47. The van der Waals surface area contributed by atoms with Crippen molar-refractivity contribution in [3.8, 4) is 0 Å². The normalized spacial score (nSPS) is 13.1. The first-order valence-electron chi connectivity index (χ1n) is 6.22. The Hall–Kier alpha value is -0.890. The molecule has 1 heterocycles. The summed E-state index contributed by atoms with van der Waals surface area (Å²) < 4.78 is 0. The molecule has 16 heavy (non-hydrogen) atoms. The van der Waals surface area contributed by atoms with Crippen LogP contribution in [0.5, 0.6) is 0 Å². The average Bonchev–Trinajstić information content (AvgIpc) is 2.23. The second kappa shape index (κ2) is 6.64. The molecule has 1 atom stereocenters. The fourth-order valence-corrected chi connectivity index (χ4v) is 1.69. The third-order valence-corrected chi connectivity index (χ3v) is 2.76. The number of hydrogen-bond donors (Lipinski definition) is 1. The predicted octanol–water partition coefficient (Wildman–Crippen LogP) is 3.30. The summed E-state index contributed by atoms with van der Waals surface area (Å²) in [5.41, 5.74) is 2.51. The van der Waals surface area contributed by atoms with Gasteiger partial charge in [-0.3, -0.25) is 4.98 Å². The lowest BCUT2D eigenvalue weighted by Crippen LogP contribution is -2.25. The van der Waals surface area contributed by atoms with E-state index in [0.29, 0.717) is 6.04 Å². The van der Waals surface area contributed by atoms with Gasteiger partial charge in [-0.05, 0) is 43.7 Å². The molecule has 0 spiro atoms. The third kappa shape index (κ3) is 5.26. The van der Waals surface area contributed by atoms with Gasteiger partial charge in [-0.1, -0.05) is 19.9 Å². The van der Waals surface area contributed by atoms with E-state index in [-0.39, 0.29) is 0 Å². The van der Waals surface area contributed by atoms with Gasteiger partial charge in [0.05, 0.1) is 0 Å². The van der Waals surface area contributed by atoms with Crippen molar-refractivity contribution in [3.63, 3.8) is 0 Å². The second-order valence-corrected chi connectivity index (χ2v) is 5.12. The largest absolute Gasteiger partial charge is 0.310 e. The number of pyridine rings is 1. The van der Waals surface area contributed by atoms with E-state index in [0.717, 1.165) is 12.5 Å². The molecule has 1 N–H and O–H groups in total. The van der Waals surface area contributed by atoms with Crippen LogP contribution in [0, 0.1) is 12.8 Å². The third-order valence-electron chi connectivity index (χ3n) is 2.76. The summed E-state index contributed by atoms with van der Waals surface area (Å²) in [4.78, 5) is 4.20. The molecule has 0 aliphatic heterocycles. The lowest BCUT2D eigenvalue weighted by Gasteiger charge is -2.15. The summed E-state index contributed by atoms with van der Waals surface area (Å²) in [6.07, 6.45) is 6.37. The molecular weight excluding hydrogens is 196 g/mol. The van der Waals surface area contributed by atoms with Crippen molar-refractivity contribution < 1.29 is 0 Å². The number of rotatable bonds is 6. The van der Waals surface area contributed by atoms with Crippen molar-refractivity contribution in [3.05, 3.63) is 29.6 Å². The molecule has 1 unspecified atom stereocenters. The zero-order chi connectivity index (χ0) is 12.0. The van der Waals surface area contributed by atoms with Gasteiger partial charge in [0.1, 0.15) is 0 Å². The molecule has 0 aliphatic carbocycles. The topological polar surface area (TPSA) is 24.9 Å². The summed E-state index contributed by atoms with van der Waals surface area (Å²) in [6.45, 7) is 9.81. The van der Waals surface area contributed by atoms with Gasteiger partial charge in [0.25, 0.3) is 0 Å². The summed E-state index contributed by atoms with van der Waals surface area (Å²) >= 11 is 0. The zero-order valence-corrected chi connectivity index (χ0v) is 11.0. The van der Waals surface area contributed by atoms with Crippen LogP contribution in [0.2, 0.25) is 0 Å². The molecule has 0 fully saturated rings. The molecule has 1 aromatic rings. The fourth-order valence-electron chi connectivity index (χ4n) is 1.69. The van der Waals surface area contributed by atoms with Crippen LogP contribution < -0.4 is 5.32 Å². The van der Waals surface area contributed by atoms with E-state index in [1.807, 2.05) is 12.4 Å². The van der Waals surface area contributed by atoms with Gasteiger partial charge in [0.2, 0.25) is 0 Å². The van der Waals surface area contributed by atoms with Crippen LogP contribution in [0.25, 0.3) is 0 Å². The molecule has 1 aromatic heterocycles. The van der Waals surface area contributed by atoms with Gasteiger partial charge < -0.3 is 5.32 Å². The summed E-state index contributed by atoms with van der Waals surface area (Å²) in [7, 11) is 0. The van der Waals surface area contributed by atoms with Crippen molar-refractivity contribution in [2.24, 2.45) is 5.92 Å². The van der Waals surface area contributed by atoms with Gasteiger partial charge in [0, 0.05) is 25.0 Å².